The molecule has 3 heterocycles. The van der Waals surface area contributed by atoms with Gasteiger partial charge < -0.3 is 10.2 Å². The number of aromatic nitrogens is 4. The molecule has 1 aromatic carbocycles. The monoisotopic (exact) mass is 478 g/mol. The number of aryl methyl sites for hydroxylation is 2. The minimum Gasteiger partial charge on any atom is -0.353 e. The number of hydrogen-bond acceptors (Lipinski definition) is 6. The average Bonchev–Trinajstić information content (AvgIpc) is 3.31. The van der Waals surface area contributed by atoms with Crippen LogP contribution < -0.4 is 5.32 Å². The van der Waals surface area contributed by atoms with Crippen molar-refractivity contribution in [3.8, 4) is 17.1 Å². The number of amides is 1. The second-order valence-electron chi connectivity index (χ2n) is 8.58. The van der Waals surface area contributed by atoms with Crippen molar-refractivity contribution in [2.45, 2.75) is 57.7 Å². The van der Waals surface area contributed by atoms with Crippen molar-refractivity contribution in [3.63, 3.8) is 0 Å². The summed E-state index contributed by atoms with van der Waals surface area (Å²) < 4.78 is 2.12. The van der Waals surface area contributed by atoms with Crippen LogP contribution in [-0.4, -0.2) is 62.0 Å². The molecule has 0 radical (unpaired) electrons. The van der Waals surface area contributed by atoms with Gasteiger partial charge in [-0.2, -0.15) is 0 Å². The highest BCUT2D eigenvalue weighted by atomic mass is 32.2. The molecule has 0 unspecified atom stereocenters. The Balaban J connectivity index is 1.59. The van der Waals surface area contributed by atoms with Crippen LogP contribution in [0.5, 0.6) is 0 Å². The summed E-state index contributed by atoms with van der Waals surface area (Å²) >= 11 is 1.44. The zero-order valence-corrected chi connectivity index (χ0v) is 21.1. The van der Waals surface area contributed by atoms with Gasteiger partial charge in [0.05, 0.1) is 11.4 Å². The summed E-state index contributed by atoms with van der Waals surface area (Å²) in [5, 5.41) is 13.0. The van der Waals surface area contributed by atoms with Gasteiger partial charge in [0.15, 0.2) is 11.0 Å². The Bertz CT molecular complexity index is 1070. The van der Waals surface area contributed by atoms with E-state index < -0.39 is 0 Å². The Kier molecular flexibility index (Phi) is 8.34. The van der Waals surface area contributed by atoms with Crippen molar-refractivity contribution in [3.05, 3.63) is 53.9 Å². The largest absolute Gasteiger partial charge is 0.353 e. The van der Waals surface area contributed by atoms with Crippen LogP contribution in [0.15, 0.2) is 47.9 Å². The van der Waals surface area contributed by atoms with E-state index in [4.69, 9.17) is 0 Å². The molecule has 180 valence electrons. The smallest absolute Gasteiger partial charge is 0.230 e. The van der Waals surface area contributed by atoms with Gasteiger partial charge in [-0.25, -0.2) is 0 Å². The molecule has 1 N–H and O–H groups in total. The first-order chi connectivity index (χ1) is 16.6. The number of rotatable bonds is 9. The van der Waals surface area contributed by atoms with E-state index in [1.54, 1.807) is 6.20 Å². The standard InChI is InChI=1S/C26H34N6OS/c1-4-19-9-7-10-20(5-2)24(19)32-25(21-11-8-14-27-17-21)29-30-26(32)34-18-23(33)28-22-12-15-31(6-3)16-13-22/h7-11,14,17,22H,4-6,12-13,15-16,18H2,1-3H3,(H,28,33). The maximum Gasteiger partial charge on any atom is 0.230 e. The quantitative estimate of drug-likeness (QED) is 0.466. The lowest BCUT2D eigenvalue weighted by molar-refractivity contribution is -0.119. The van der Waals surface area contributed by atoms with Crippen LogP contribution in [-0.2, 0) is 17.6 Å². The summed E-state index contributed by atoms with van der Waals surface area (Å²) in [6, 6.07) is 10.6. The molecule has 1 aliphatic heterocycles. The number of nitrogens with zero attached hydrogens (tertiary/aromatic N) is 5. The van der Waals surface area contributed by atoms with Gasteiger partial charge in [0.2, 0.25) is 5.91 Å². The molecular formula is C26H34N6OS. The molecule has 1 fully saturated rings. The molecule has 7 nitrogen and oxygen atoms in total. The molecule has 4 rings (SSSR count). The number of pyridine rings is 1. The average molecular weight is 479 g/mol. The molecule has 34 heavy (non-hydrogen) atoms. The normalized spacial score (nSPS) is 14.9. The highest BCUT2D eigenvalue weighted by molar-refractivity contribution is 7.99. The second kappa shape index (κ2) is 11.6. The Morgan fingerprint density at radius 1 is 1.06 bits per heavy atom. The lowest BCUT2D eigenvalue weighted by atomic mass is 10.0. The minimum absolute atomic E-state index is 0.0527. The first-order valence-corrected chi connectivity index (χ1v) is 13.2. The molecule has 2 aromatic heterocycles. The van der Waals surface area contributed by atoms with Gasteiger partial charge in [-0.1, -0.05) is 50.7 Å². The number of nitrogens with one attached hydrogen (secondary N) is 1. The van der Waals surface area contributed by atoms with Crippen LogP contribution in [0.4, 0.5) is 0 Å². The first-order valence-electron chi connectivity index (χ1n) is 12.3. The maximum absolute atomic E-state index is 12.8. The number of carbonyl (C=O) groups excluding carboxylic acids is 1. The zero-order valence-electron chi connectivity index (χ0n) is 20.3. The second-order valence-corrected chi connectivity index (χ2v) is 9.52. The summed E-state index contributed by atoms with van der Waals surface area (Å²) in [6.07, 6.45) is 7.38. The van der Waals surface area contributed by atoms with Gasteiger partial charge in [-0.15, -0.1) is 10.2 Å². The van der Waals surface area contributed by atoms with Crippen molar-refractivity contribution >= 4 is 17.7 Å². The van der Waals surface area contributed by atoms with E-state index >= 15 is 0 Å². The van der Waals surface area contributed by atoms with E-state index in [1.807, 2.05) is 18.3 Å². The highest BCUT2D eigenvalue weighted by Crippen LogP contribution is 2.32. The molecule has 1 amide bonds. The molecule has 8 heteroatoms. The Morgan fingerprint density at radius 2 is 1.79 bits per heavy atom. The topological polar surface area (TPSA) is 75.9 Å². The van der Waals surface area contributed by atoms with Crippen LogP contribution in [0, 0.1) is 0 Å². The third-order valence-corrected chi connectivity index (χ3v) is 7.40. The van der Waals surface area contributed by atoms with Crippen molar-refractivity contribution in [1.29, 1.82) is 0 Å². The van der Waals surface area contributed by atoms with Crippen LogP contribution in [0.25, 0.3) is 17.1 Å². The van der Waals surface area contributed by atoms with Crippen molar-refractivity contribution in [1.82, 2.24) is 30.0 Å². The van der Waals surface area contributed by atoms with E-state index in [2.05, 4.69) is 68.9 Å². The molecule has 0 saturated carbocycles. The van der Waals surface area contributed by atoms with Gasteiger partial charge in [0.1, 0.15) is 0 Å². The summed E-state index contributed by atoms with van der Waals surface area (Å²) in [4.78, 5) is 19.5. The zero-order chi connectivity index (χ0) is 23.9. The minimum atomic E-state index is 0.0527. The molecule has 0 atom stereocenters. The number of carbonyl (C=O) groups is 1. The first kappa shape index (κ1) is 24.4. The molecule has 0 bridgehead atoms. The number of likely N-dealkylation sites (tertiary alicyclic amines) is 1. The molecule has 0 spiro atoms. The van der Waals surface area contributed by atoms with Gasteiger partial charge in [0, 0.05) is 37.1 Å². The third kappa shape index (κ3) is 5.50. The molecule has 0 aliphatic carbocycles. The lowest BCUT2D eigenvalue weighted by Crippen LogP contribution is -2.45. The van der Waals surface area contributed by atoms with Crippen molar-refractivity contribution < 1.29 is 4.79 Å². The van der Waals surface area contributed by atoms with Gasteiger partial charge >= 0.3 is 0 Å². The van der Waals surface area contributed by atoms with Gasteiger partial charge in [-0.3, -0.25) is 14.3 Å². The summed E-state index contributed by atoms with van der Waals surface area (Å²) in [5.41, 5.74) is 4.49. The van der Waals surface area contributed by atoms with Gasteiger partial charge in [0.25, 0.3) is 0 Å². The predicted octanol–water partition coefficient (Wildman–Crippen LogP) is 4.15. The lowest BCUT2D eigenvalue weighted by Gasteiger charge is -2.31. The Morgan fingerprint density at radius 3 is 2.41 bits per heavy atom. The fraction of sp³-hybridized carbons (Fsp3) is 0.462. The number of hydrogen-bond donors (Lipinski definition) is 1. The van der Waals surface area contributed by atoms with Crippen LogP contribution in [0.2, 0.25) is 0 Å². The van der Waals surface area contributed by atoms with Crippen LogP contribution >= 0.6 is 11.8 Å². The number of thioether (sulfide) groups is 1. The van der Waals surface area contributed by atoms with Crippen LogP contribution in [0.3, 0.4) is 0 Å². The fourth-order valence-electron chi connectivity index (χ4n) is 4.54. The van der Waals surface area contributed by atoms with Crippen LogP contribution in [0.1, 0.15) is 44.7 Å². The predicted molar refractivity (Wildman–Crippen MR) is 137 cm³/mol. The van der Waals surface area contributed by atoms with E-state index in [0.29, 0.717) is 5.75 Å². The van der Waals surface area contributed by atoms with E-state index in [9.17, 15) is 4.79 Å². The summed E-state index contributed by atoms with van der Waals surface area (Å²) in [7, 11) is 0. The van der Waals surface area contributed by atoms with Crippen molar-refractivity contribution in [2.24, 2.45) is 0 Å². The number of benzene rings is 1. The van der Waals surface area contributed by atoms with Gasteiger partial charge in [-0.05, 0) is 55.5 Å². The third-order valence-electron chi connectivity index (χ3n) is 6.47. The molecule has 1 aliphatic rings. The van der Waals surface area contributed by atoms with Crippen molar-refractivity contribution in [2.75, 3.05) is 25.4 Å². The Hall–Kier alpha value is -2.71. The molecular weight excluding hydrogens is 444 g/mol. The SMILES string of the molecule is CCc1cccc(CC)c1-n1c(SCC(=O)NC2CCN(CC)CC2)nnc1-c1cccnc1. The van der Waals surface area contributed by atoms with E-state index in [1.165, 1.54) is 22.9 Å². The Labute approximate surface area is 206 Å². The molecule has 1 saturated heterocycles. The summed E-state index contributed by atoms with van der Waals surface area (Å²) in [5.74, 6) is 1.12. The van der Waals surface area contributed by atoms with E-state index in [0.717, 1.165) is 67.5 Å². The molecule has 3 aromatic rings. The number of piperidine rings is 1. The number of para-hydroxylation sites is 1. The summed E-state index contributed by atoms with van der Waals surface area (Å²) in [6.45, 7) is 9.68. The van der Waals surface area contributed by atoms with E-state index in [-0.39, 0.29) is 11.9 Å². The highest BCUT2D eigenvalue weighted by Gasteiger charge is 2.23. The fourth-order valence-corrected chi connectivity index (χ4v) is 5.29. The maximum atomic E-state index is 12.8.